The molecule has 1 heterocycles. The third-order valence-corrected chi connectivity index (χ3v) is 3.92. The van der Waals surface area contributed by atoms with Gasteiger partial charge in [0.2, 0.25) is 4.77 Å². The van der Waals surface area contributed by atoms with Gasteiger partial charge in [0.05, 0.1) is 17.6 Å². The van der Waals surface area contributed by atoms with Crippen LogP contribution in [-0.4, -0.2) is 33.1 Å². The quantitative estimate of drug-likeness (QED) is 0.300. The van der Waals surface area contributed by atoms with Crippen LogP contribution in [0, 0.1) is 14.9 Å². The predicted molar refractivity (Wildman–Crippen MR) is 105 cm³/mol. The second-order valence-electron chi connectivity index (χ2n) is 5.34. The number of allylic oxidation sites excluding steroid dienone is 1. The summed E-state index contributed by atoms with van der Waals surface area (Å²) in [7, 11) is 1.59. The normalized spacial score (nSPS) is 11.3. The van der Waals surface area contributed by atoms with Gasteiger partial charge in [0.1, 0.15) is 5.75 Å². The second-order valence-corrected chi connectivity index (χ2v) is 5.72. The first-order chi connectivity index (χ1) is 13.1. The van der Waals surface area contributed by atoms with Gasteiger partial charge in [-0.05, 0) is 42.6 Å². The van der Waals surface area contributed by atoms with Crippen LogP contribution in [0.5, 0.6) is 5.75 Å². The van der Waals surface area contributed by atoms with Gasteiger partial charge in [-0.15, -0.1) is 0 Å². The van der Waals surface area contributed by atoms with Crippen LogP contribution in [0.3, 0.4) is 0 Å². The lowest BCUT2D eigenvalue weighted by molar-refractivity contribution is -0.385. The summed E-state index contributed by atoms with van der Waals surface area (Å²) in [6.07, 6.45) is 4.70. The van der Waals surface area contributed by atoms with Gasteiger partial charge < -0.3 is 4.74 Å². The molecular formula is C18H15N5O3S. The van der Waals surface area contributed by atoms with Crippen molar-refractivity contribution in [2.45, 2.75) is 0 Å². The lowest BCUT2D eigenvalue weighted by Crippen LogP contribution is -1.94. The summed E-state index contributed by atoms with van der Waals surface area (Å²) in [4.78, 5) is 10.6. The zero-order chi connectivity index (χ0) is 19.2. The maximum Gasteiger partial charge on any atom is 0.276 e. The fourth-order valence-corrected chi connectivity index (χ4v) is 2.57. The SMILES string of the molecule is COc1cccc(-c2n[nH]c(=S)n2/N=C/C=C/c2ccccc2[N+](=O)[O-])c1. The van der Waals surface area contributed by atoms with Crippen LogP contribution in [-0.2, 0) is 0 Å². The molecule has 0 saturated heterocycles. The van der Waals surface area contributed by atoms with Crippen LogP contribution in [0.25, 0.3) is 17.5 Å². The molecule has 0 atom stereocenters. The summed E-state index contributed by atoms with van der Waals surface area (Å²) in [5.41, 5.74) is 1.29. The van der Waals surface area contributed by atoms with Crippen molar-refractivity contribution in [1.82, 2.24) is 14.9 Å². The summed E-state index contributed by atoms with van der Waals surface area (Å²) in [5, 5.41) is 22.2. The van der Waals surface area contributed by atoms with E-state index in [1.54, 1.807) is 37.5 Å². The first kappa shape index (κ1) is 18.2. The predicted octanol–water partition coefficient (Wildman–Crippen LogP) is 4.07. The van der Waals surface area contributed by atoms with E-state index in [4.69, 9.17) is 17.0 Å². The van der Waals surface area contributed by atoms with Gasteiger partial charge in [-0.1, -0.05) is 24.3 Å². The van der Waals surface area contributed by atoms with Gasteiger partial charge in [0, 0.05) is 17.8 Å². The number of benzene rings is 2. The topological polar surface area (TPSA) is 98.3 Å². The molecule has 0 aliphatic heterocycles. The Morgan fingerprint density at radius 1 is 1.30 bits per heavy atom. The molecule has 0 unspecified atom stereocenters. The zero-order valence-electron chi connectivity index (χ0n) is 14.3. The molecule has 0 aliphatic rings. The van der Waals surface area contributed by atoms with Crippen LogP contribution in [0.1, 0.15) is 5.56 Å². The molecule has 136 valence electrons. The van der Waals surface area contributed by atoms with Crippen molar-refractivity contribution in [2.24, 2.45) is 5.10 Å². The lowest BCUT2D eigenvalue weighted by atomic mass is 10.2. The number of ether oxygens (including phenoxy) is 1. The van der Waals surface area contributed by atoms with Crippen molar-refractivity contribution in [2.75, 3.05) is 7.11 Å². The first-order valence-corrected chi connectivity index (χ1v) is 8.27. The van der Waals surface area contributed by atoms with E-state index in [1.165, 1.54) is 17.0 Å². The summed E-state index contributed by atoms with van der Waals surface area (Å²) in [5.74, 6) is 1.21. The number of rotatable bonds is 6. The van der Waals surface area contributed by atoms with E-state index in [1.807, 2.05) is 24.3 Å². The number of hydrogen-bond acceptors (Lipinski definition) is 6. The minimum absolute atomic E-state index is 0.0270. The Morgan fingerprint density at radius 2 is 2.11 bits per heavy atom. The van der Waals surface area contributed by atoms with Crippen molar-refractivity contribution in [1.29, 1.82) is 0 Å². The van der Waals surface area contributed by atoms with Crippen molar-refractivity contribution in [3.63, 3.8) is 0 Å². The van der Waals surface area contributed by atoms with E-state index in [0.29, 0.717) is 21.9 Å². The number of methoxy groups -OCH3 is 1. The van der Waals surface area contributed by atoms with Gasteiger partial charge in [-0.2, -0.15) is 14.9 Å². The molecule has 0 radical (unpaired) electrons. The average molecular weight is 381 g/mol. The highest BCUT2D eigenvalue weighted by molar-refractivity contribution is 7.71. The molecule has 1 N–H and O–H groups in total. The summed E-state index contributed by atoms with van der Waals surface area (Å²) < 4.78 is 7.01. The van der Waals surface area contributed by atoms with E-state index >= 15 is 0 Å². The van der Waals surface area contributed by atoms with Gasteiger partial charge in [-0.25, -0.2) is 5.10 Å². The highest BCUT2D eigenvalue weighted by atomic mass is 32.1. The fraction of sp³-hybridized carbons (Fsp3) is 0.0556. The van der Waals surface area contributed by atoms with Crippen molar-refractivity contribution in [3.05, 3.63) is 75.1 Å². The van der Waals surface area contributed by atoms with Gasteiger partial charge in [-0.3, -0.25) is 10.1 Å². The largest absolute Gasteiger partial charge is 0.497 e. The summed E-state index contributed by atoms with van der Waals surface area (Å²) in [6.45, 7) is 0. The van der Waals surface area contributed by atoms with Crippen LogP contribution in [0.15, 0.2) is 59.7 Å². The zero-order valence-corrected chi connectivity index (χ0v) is 15.1. The molecule has 3 aromatic rings. The number of H-pyrrole nitrogens is 1. The highest BCUT2D eigenvalue weighted by Crippen LogP contribution is 2.22. The Labute approximate surface area is 159 Å². The van der Waals surface area contributed by atoms with Gasteiger partial charge in [0.15, 0.2) is 5.82 Å². The Morgan fingerprint density at radius 3 is 2.89 bits per heavy atom. The maximum absolute atomic E-state index is 11.0. The number of aromatic nitrogens is 3. The number of para-hydroxylation sites is 1. The number of nitrogens with one attached hydrogen (secondary N) is 1. The Kier molecular flexibility index (Phi) is 5.53. The number of nitrogens with zero attached hydrogens (tertiary/aromatic N) is 4. The van der Waals surface area contributed by atoms with Crippen LogP contribution in [0.2, 0.25) is 0 Å². The lowest BCUT2D eigenvalue weighted by Gasteiger charge is -2.03. The highest BCUT2D eigenvalue weighted by Gasteiger charge is 2.10. The number of nitro groups is 1. The molecule has 3 rings (SSSR count). The fourth-order valence-electron chi connectivity index (χ4n) is 2.39. The molecule has 2 aromatic carbocycles. The molecule has 8 nitrogen and oxygen atoms in total. The Bertz CT molecular complexity index is 1080. The number of hydrogen-bond donors (Lipinski definition) is 1. The summed E-state index contributed by atoms with van der Waals surface area (Å²) in [6, 6.07) is 13.8. The van der Waals surface area contributed by atoms with Crippen molar-refractivity contribution in [3.8, 4) is 17.1 Å². The van der Waals surface area contributed by atoms with E-state index in [0.717, 1.165) is 5.56 Å². The van der Waals surface area contributed by atoms with Crippen LogP contribution in [0.4, 0.5) is 5.69 Å². The number of nitro benzene ring substituents is 1. The average Bonchev–Trinajstić information content (AvgIpc) is 3.06. The molecule has 27 heavy (non-hydrogen) atoms. The Balaban J connectivity index is 1.88. The second kappa shape index (κ2) is 8.19. The van der Waals surface area contributed by atoms with E-state index in [-0.39, 0.29) is 5.69 Å². The van der Waals surface area contributed by atoms with Crippen molar-refractivity contribution < 1.29 is 9.66 Å². The molecule has 0 aliphatic carbocycles. The smallest absolute Gasteiger partial charge is 0.276 e. The molecular weight excluding hydrogens is 366 g/mol. The van der Waals surface area contributed by atoms with Crippen LogP contribution < -0.4 is 4.74 Å². The maximum atomic E-state index is 11.0. The first-order valence-electron chi connectivity index (χ1n) is 7.86. The molecule has 0 amide bonds. The van der Waals surface area contributed by atoms with E-state index in [9.17, 15) is 10.1 Å². The number of aromatic amines is 1. The summed E-state index contributed by atoms with van der Waals surface area (Å²) >= 11 is 5.22. The molecule has 1 aromatic heterocycles. The van der Waals surface area contributed by atoms with Crippen molar-refractivity contribution >= 4 is 30.2 Å². The standard InChI is InChI=1S/C18H15N5O3S/c1-26-15-9-4-7-14(12-15)17-20-21-18(27)22(17)19-11-5-8-13-6-2-3-10-16(13)23(24)25/h2-12H,1H3,(H,21,27)/b8-5+,19-11+. The van der Waals surface area contributed by atoms with Gasteiger partial charge in [0.25, 0.3) is 5.69 Å². The minimum atomic E-state index is -0.427. The van der Waals surface area contributed by atoms with Crippen LogP contribution >= 0.6 is 12.2 Å². The monoisotopic (exact) mass is 381 g/mol. The van der Waals surface area contributed by atoms with E-state index in [2.05, 4.69) is 15.3 Å². The minimum Gasteiger partial charge on any atom is -0.497 e. The molecule has 9 heteroatoms. The third kappa shape index (κ3) is 4.15. The van der Waals surface area contributed by atoms with E-state index < -0.39 is 4.92 Å². The molecule has 0 fully saturated rings. The molecule has 0 spiro atoms. The Hall–Kier alpha value is -3.59. The van der Waals surface area contributed by atoms with Gasteiger partial charge >= 0.3 is 0 Å². The third-order valence-electron chi connectivity index (χ3n) is 3.66. The molecule has 0 bridgehead atoms. The molecule has 0 saturated carbocycles.